The average Bonchev–Trinajstić information content (AvgIpc) is 3.25. The number of nitro groups is 1. The first-order valence-electron chi connectivity index (χ1n) is 9.30. The number of rotatable bonds is 5. The highest BCUT2D eigenvalue weighted by Crippen LogP contribution is 2.33. The summed E-state index contributed by atoms with van der Waals surface area (Å²) in [5.74, 6) is 0. The summed E-state index contributed by atoms with van der Waals surface area (Å²) >= 11 is 7.35. The van der Waals surface area contributed by atoms with Crippen molar-refractivity contribution in [1.82, 2.24) is 4.98 Å². The Bertz CT molecular complexity index is 1170. The van der Waals surface area contributed by atoms with Crippen LogP contribution in [0, 0.1) is 10.1 Å². The number of nitro benzene ring substituents is 1. The molecule has 2 aromatic carbocycles. The molecule has 156 valence electrons. The molecule has 0 bridgehead atoms. The standard InChI is InChI=1S/C20H18ClN3O4S2/c21-17-7-6-16(12-19(17)24(25)26)30(27,28)15-8-10-23(11-9-15)20-22-18(13-29-20)14-4-2-1-3-5-14/h1-7,12-13,15H,8-11H2. The van der Waals surface area contributed by atoms with E-state index in [0.717, 1.165) is 22.5 Å². The van der Waals surface area contributed by atoms with Gasteiger partial charge < -0.3 is 4.90 Å². The number of piperidine rings is 1. The lowest BCUT2D eigenvalue weighted by Gasteiger charge is -2.31. The van der Waals surface area contributed by atoms with Crippen LogP contribution in [0.1, 0.15) is 12.8 Å². The Kier molecular flexibility index (Phi) is 5.77. The van der Waals surface area contributed by atoms with Crippen molar-refractivity contribution in [3.8, 4) is 11.3 Å². The number of aromatic nitrogens is 1. The summed E-state index contributed by atoms with van der Waals surface area (Å²) in [6, 6.07) is 13.5. The van der Waals surface area contributed by atoms with E-state index in [-0.39, 0.29) is 9.92 Å². The summed E-state index contributed by atoms with van der Waals surface area (Å²) in [5.41, 5.74) is 1.55. The first-order valence-corrected chi connectivity index (χ1v) is 12.1. The molecule has 1 aliphatic rings. The van der Waals surface area contributed by atoms with Crippen molar-refractivity contribution < 1.29 is 13.3 Å². The van der Waals surface area contributed by atoms with Crippen LogP contribution in [0.2, 0.25) is 5.02 Å². The second-order valence-corrected chi connectivity index (χ2v) is 10.5. The Hall–Kier alpha value is -2.49. The molecule has 0 saturated carbocycles. The zero-order valence-corrected chi connectivity index (χ0v) is 18.2. The largest absolute Gasteiger partial charge is 0.348 e. The molecular formula is C20H18ClN3O4S2. The van der Waals surface area contributed by atoms with Crippen molar-refractivity contribution in [2.24, 2.45) is 0 Å². The van der Waals surface area contributed by atoms with Gasteiger partial charge in [-0.3, -0.25) is 10.1 Å². The van der Waals surface area contributed by atoms with Crippen LogP contribution in [0.3, 0.4) is 0 Å². The smallest absolute Gasteiger partial charge is 0.289 e. The lowest BCUT2D eigenvalue weighted by atomic mass is 10.1. The molecule has 1 aliphatic heterocycles. The molecule has 1 saturated heterocycles. The predicted octanol–water partition coefficient (Wildman–Crippen LogP) is 4.81. The van der Waals surface area contributed by atoms with E-state index in [1.165, 1.54) is 23.5 Å². The zero-order valence-electron chi connectivity index (χ0n) is 15.8. The number of hydrogen-bond acceptors (Lipinski definition) is 7. The fourth-order valence-electron chi connectivity index (χ4n) is 3.51. The van der Waals surface area contributed by atoms with Crippen molar-refractivity contribution in [1.29, 1.82) is 0 Å². The molecule has 10 heteroatoms. The second kappa shape index (κ2) is 8.33. The molecule has 1 aromatic heterocycles. The molecule has 30 heavy (non-hydrogen) atoms. The van der Waals surface area contributed by atoms with Crippen molar-refractivity contribution >= 4 is 43.6 Å². The number of sulfone groups is 1. The first-order chi connectivity index (χ1) is 14.4. The van der Waals surface area contributed by atoms with E-state index in [1.54, 1.807) is 0 Å². The molecule has 0 N–H and O–H groups in total. The van der Waals surface area contributed by atoms with Gasteiger partial charge in [0, 0.05) is 30.1 Å². The van der Waals surface area contributed by atoms with Gasteiger partial charge >= 0.3 is 0 Å². The van der Waals surface area contributed by atoms with Crippen LogP contribution >= 0.6 is 22.9 Å². The van der Waals surface area contributed by atoms with Crippen molar-refractivity contribution in [2.45, 2.75) is 23.0 Å². The molecule has 2 heterocycles. The molecule has 3 aromatic rings. The number of halogens is 1. The van der Waals surface area contributed by atoms with Crippen LogP contribution in [0.5, 0.6) is 0 Å². The number of hydrogen-bond donors (Lipinski definition) is 0. The number of nitrogens with zero attached hydrogens (tertiary/aromatic N) is 3. The van der Waals surface area contributed by atoms with Crippen LogP contribution in [0.15, 0.2) is 58.8 Å². The summed E-state index contributed by atoms with van der Waals surface area (Å²) in [4.78, 5) is 17.2. The van der Waals surface area contributed by atoms with Gasteiger partial charge in [0.05, 0.1) is 20.8 Å². The van der Waals surface area contributed by atoms with E-state index in [4.69, 9.17) is 16.6 Å². The third kappa shape index (κ3) is 4.05. The highest BCUT2D eigenvalue weighted by Gasteiger charge is 2.33. The summed E-state index contributed by atoms with van der Waals surface area (Å²) in [5, 5.41) is 13.3. The summed E-state index contributed by atoms with van der Waals surface area (Å²) in [6.45, 7) is 1.11. The van der Waals surface area contributed by atoms with Crippen LogP contribution in [0.25, 0.3) is 11.3 Å². The van der Waals surface area contributed by atoms with Gasteiger partial charge in [0.1, 0.15) is 5.02 Å². The Labute approximate surface area is 183 Å². The maximum atomic E-state index is 13.0. The fourth-order valence-corrected chi connectivity index (χ4v) is 6.34. The molecule has 0 amide bonds. The third-order valence-corrected chi connectivity index (χ3v) is 8.64. The summed E-state index contributed by atoms with van der Waals surface area (Å²) < 4.78 is 26.0. The molecule has 7 nitrogen and oxygen atoms in total. The van der Waals surface area contributed by atoms with Crippen LogP contribution in [-0.2, 0) is 9.84 Å². The molecule has 0 spiro atoms. The van der Waals surface area contributed by atoms with Gasteiger partial charge in [-0.15, -0.1) is 11.3 Å². The predicted molar refractivity (Wildman–Crippen MR) is 118 cm³/mol. The van der Waals surface area contributed by atoms with Crippen molar-refractivity contribution in [2.75, 3.05) is 18.0 Å². The highest BCUT2D eigenvalue weighted by molar-refractivity contribution is 7.92. The molecule has 0 unspecified atom stereocenters. The lowest BCUT2D eigenvalue weighted by molar-refractivity contribution is -0.384. The molecule has 4 rings (SSSR count). The lowest BCUT2D eigenvalue weighted by Crippen LogP contribution is -2.39. The zero-order chi connectivity index (χ0) is 21.3. The second-order valence-electron chi connectivity index (χ2n) is 6.98. The van der Waals surface area contributed by atoms with Gasteiger partial charge in [-0.05, 0) is 25.0 Å². The van der Waals surface area contributed by atoms with Gasteiger partial charge in [0.25, 0.3) is 5.69 Å². The maximum Gasteiger partial charge on any atom is 0.289 e. The molecule has 1 fully saturated rings. The van der Waals surface area contributed by atoms with E-state index < -0.39 is 25.7 Å². The topological polar surface area (TPSA) is 93.4 Å². The van der Waals surface area contributed by atoms with E-state index >= 15 is 0 Å². The van der Waals surface area contributed by atoms with Gasteiger partial charge in [0.2, 0.25) is 0 Å². The van der Waals surface area contributed by atoms with Gasteiger partial charge in [-0.1, -0.05) is 41.9 Å². The molecule has 0 atom stereocenters. The van der Waals surface area contributed by atoms with Crippen molar-refractivity contribution in [3.63, 3.8) is 0 Å². The molecule has 0 radical (unpaired) electrons. The summed E-state index contributed by atoms with van der Waals surface area (Å²) in [6.07, 6.45) is 0.859. The van der Waals surface area contributed by atoms with Crippen molar-refractivity contribution in [3.05, 3.63) is 69.0 Å². The molecular weight excluding hydrogens is 446 g/mol. The Morgan fingerprint density at radius 1 is 1.13 bits per heavy atom. The minimum Gasteiger partial charge on any atom is -0.348 e. The quantitative estimate of drug-likeness (QED) is 0.398. The van der Waals surface area contributed by atoms with Gasteiger partial charge in [0.15, 0.2) is 15.0 Å². The monoisotopic (exact) mass is 463 g/mol. The summed E-state index contributed by atoms with van der Waals surface area (Å²) in [7, 11) is -3.68. The van der Waals surface area contributed by atoms with E-state index in [9.17, 15) is 18.5 Å². The normalized spacial score (nSPS) is 15.3. The fraction of sp³-hybridized carbons (Fsp3) is 0.250. The highest BCUT2D eigenvalue weighted by atomic mass is 35.5. The van der Waals surface area contributed by atoms with Gasteiger partial charge in [-0.25, -0.2) is 13.4 Å². The first kappa shape index (κ1) is 20.8. The third-order valence-electron chi connectivity index (χ3n) is 5.16. The van der Waals surface area contributed by atoms with Crippen LogP contribution < -0.4 is 4.90 Å². The molecule has 0 aliphatic carbocycles. The van der Waals surface area contributed by atoms with Crippen LogP contribution in [0.4, 0.5) is 10.8 Å². The SMILES string of the molecule is O=[N+]([O-])c1cc(S(=O)(=O)C2CCN(c3nc(-c4ccccc4)cs3)CC2)ccc1Cl. The Balaban J connectivity index is 1.47. The number of benzene rings is 2. The van der Waals surface area contributed by atoms with Crippen LogP contribution in [-0.4, -0.2) is 36.7 Å². The van der Waals surface area contributed by atoms with E-state index in [1.807, 2.05) is 35.7 Å². The minimum absolute atomic E-state index is 0.0577. The van der Waals surface area contributed by atoms with E-state index in [2.05, 4.69) is 4.90 Å². The number of anilines is 1. The minimum atomic E-state index is -3.68. The van der Waals surface area contributed by atoms with E-state index in [0.29, 0.717) is 25.9 Å². The Morgan fingerprint density at radius 2 is 1.83 bits per heavy atom. The Morgan fingerprint density at radius 3 is 2.50 bits per heavy atom. The maximum absolute atomic E-state index is 13.0. The average molecular weight is 464 g/mol. The number of thiazole rings is 1. The van der Waals surface area contributed by atoms with Gasteiger partial charge in [-0.2, -0.15) is 0 Å².